The topological polar surface area (TPSA) is 38.7 Å². The van der Waals surface area contributed by atoms with Crippen LogP contribution in [-0.4, -0.2) is 15.0 Å². The molecular formula is C55H41N3. The molecule has 1 aromatic heterocycles. The molecule has 1 spiro atoms. The molecule has 0 saturated carbocycles. The summed E-state index contributed by atoms with van der Waals surface area (Å²) in [4.78, 5) is 15.3. The van der Waals surface area contributed by atoms with Crippen molar-refractivity contribution < 1.29 is 0 Å². The minimum atomic E-state index is -0.434. The second-order valence-corrected chi connectivity index (χ2v) is 15.0. The van der Waals surface area contributed by atoms with E-state index in [1.807, 2.05) is 24.3 Å². The predicted octanol–water partition coefficient (Wildman–Crippen LogP) is 14.0. The number of benzene rings is 7. The van der Waals surface area contributed by atoms with E-state index in [2.05, 4.69) is 179 Å². The fourth-order valence-electron chi connectivity index (χ4n) is 9.46. The van der Waals surface area contributed by atoms with Crippen LogP contribution in [0.3, 0.4) is 0 Å². The van der Waals surface area contributed by atoms with Crippen molar-refractivity contribution in [1.29, 1.82) is 0 Å². The van der Waals surface area contributed by atoms with Gasteiger partial charge in [0.25, 0.3) is 0 Å². The van der Waals surface area contributed by atoms with Crippen LogP contribution in [0.1, 0.15) is 53.6 Å². The van der Waals surface area contributed by atoms with E-state index in [1.165, 1.54) is 55.5 Å². The molecule has 10 rings (SSSR count). The summed E-state index contributed by atoms with van der Waals surface area (Å²) >= 11 is 0. The molecule has 3 heteroatoms. The molecule has 0 unspecified atom stereocenters. The maximum absolute atomic E-state index is 5.13. The monoisotopic (exact) mass is 743 g/mol. The lowest BCUT2D eigenvalue weighted by molar-refractivity contribution is 0.794. The van der Waals surface area contributed by atoms with Gasteiger partial charge in [0.2, 0.25) is 0 Å². The molecule has 3 nitrogen and oxygen atoms in total. The van der Waals surface area contributed by atoms with Crippen LogP contribution in [0, 0.1) is 0 Å². The zero-order chi connectivity index (χ0) is 39.4. The molecule has 0 N–H and O–H groups in total. The first-order chi connectivity index (χ1) is 28.6. The van der Waals surface area contributed by atoms with Crippen LogP contribution in [-0.2, 0) is 5.41 Å². The van der Waals surface area contributed by atoms with Gasteiger partial charge < -0.3 is 0 Å². The second-order valence-electron chi connectivity index (χ2n) is 15.0. The highest BCUT2D eigenvalue weighted by atomic mass is 15.0. The molecule has 0 fully saturated rings. The van der Waals surface area contributed by atoms with Gasteiger partial charge in [-0.05, 0) is 103 Å². The van der Waals surface area contributed by atoms with E-state index in [9.17, 15) is 0 Å². The Morgan fingerprint density at radius 2 is 1.03 bits per heavy atom. The van der Waals surface area contributed by atoms with Crippen LogP contribution in [0.5, 0.6) is 0 Å². The maximum atomic E-state index is 5.13. The Kier molecular flexibility index (Phi) is 8.53. The highest BCUT2D eigenvalue weighted by molar-refractivity contribution is 6.02. The molecule has 276 valence electrons. The quantitative estimate of drug-likeness (QED) is 0.163. The number of fused-ring (bicyclic) bond motifs is 8. The molecular weight excluding hydrogens is 703 g/mol. The van der Waals surface area contributed by atoms with Crippen molar-refractivity contribution in [1.82, 2.24) is 15.0 Å². The minimum absolute atomic E-state index is 0.434. The van der Waals surface area contributed by atoms with E-state index in [-0.39, 0.29) is 0 Å². The summed E-state index contributed by atoms with van der Waals surface area (Å²) in [7, 11) is 0. The molecule has 0 radical (unpaired) electrons. The number of hydrogen-bond donors (Lipinski definition) is 0. The summed E-state index contributed by atoms with van der Waals surface area (Å²) in [5, 5.41) is 2.31. The van der Waals surface area contributed by atoms with Crippen molar-refractivity contribution in [2.24, 2.45) is 0 Å². The third kappa shape index (κ3) is 5.31. The normalized spacial score (nSPS) is 14.8. The smallest absolute Gasteiger partial charge is 0.164 e. The second kappa shape index (κ2) is 14.1. The Morgan fingerprint density at radius 1 is 0.500 bits per heavy atom. The van der Waals surface area contributed by atoms with Crippen LogP contribution in [0.4, 0.5) is 0 Å². The number of nitrogens with zero attached hydrogens (tertiary/aromatic N) is 3. The standard InChI is InChI=1S/C55H41N3/c1-5-16-44-47-22-15-21-43(51(47)55(48(44)8-4)49-23-13-11-19-45(49)46-20-12-14-24-50(46)55)38-27-29-39(30-28-38)52-56-53(41-31-25-35(6-2)36(7-3)33-41)58-54(57-52)42-32-26-37-17-9-10-18-40(37)34-42/h6-34H,2-3,5H2,1,4H3/b44-16-,48-8+. The van der Waals surface area contributed by atoms with Gasteiger partial charge in [-0.2, -0.15) is 0 Å². The van der Waals surface area contributed by atoms with Gasteiger partial charge in [0, 0.05) is 16.7 Å². The van der Waals surface area contributed by atoms with E-state index in [1.54, 1.807) is 0 Å². The highest BCUT2D eigenvalue weighted by Crippen LogP contribution is 2.65. The Morgan fingerprint density at radius 3 is 1.69 bits per heavy atom. The minimum Gasteiger partial charge on any atom is -0.208 e. The molecule has 8 aromatic rings. The summed E-state index contributed by atoms with van der Waals surface area (Å²) < 4.78 is 0. The van der Waals surface area contributed by atoms with Crippen molar-refractivity contribution in [2.45, 2.75) is 25.7 Å². The van der Waals surface area contributed by atoms with Crippen LogP contribution in [0.15, 0.2) is 183 Å². The van der Waals surface area contributed by atoms with Gasteiger partial charge in [0.1, 0.15) is 0 Å². The number of rotatable bonds is 7. The van der Waals surface area contributed by atoms with Gasteiger partial charge in [0.15, 0.2) is 17.5 Å². The lowest BCUT2D eigenvalue weighted by atomic mass is 9.68. The first kappa shape index (κ1) is 35.2. The fourth-order valence-corrected chi connectivity index (χ4v) is 9.46. The van der Waals surface area contributed by atoms with E-state index in [4.69, 9.17) is 15.0 Å². The third-order valence-electron chi connectivity index (χ3n) is 12.0. The first-order valence-corrected chi connectivity index (χ1v) is 20.0. The molecule has 1 heterocycles. The zero-order valence-corrected chi connectivity index (χ0v) is 32.7. The Bertz CT molecular complexity index is 2990. The van der Waals surface area contributed by atoms with Gasteiger partial charge in [0.05, 0.1) is 5.41 Å². The Hall–Kier alpha value is -7.23. The van der Waals surface area contributed by atoms with Crippen LogP contribution < -0.4 is 0 Å². The predicted molar refractivity (Wildman–Crippen MR) is 243 cm³/mol. The third-order valence-corrected chi connectivity index (χ3v) is 12.0. The highest BCUT2D eigenvalue weighted by Gasteiger charge is 2.54. The fraction of sp³-hybridized carbons (Fsp3) is 0.0727. The summed E-state index contributed by atoms with van der Waals surface area (Å²) in [6.45, 7) is 12.5. The Balaban J connectivity index is 1.15. The maximum Gasteiger partial charge on any atom is 0.164 e. The molecule has 7 aromatic carbocycles. The molecule has 2 aliphatic carbocycles. The van der Waals surface area contributed by atoms with Gasteiger partial charge in [-0.15, -0.1) is 0 Å². The zero-order valence-electron chi connectivity index (χ0n) is 32.7. The molecule has 0 atom stereocenters. The average Bonchev–Trinajstić information content (AvgIpc) is 3.75. The van der Waals surface area contributed by atoms with Crippen molar-refractivity contribution in [3.63, 3.8) is 0 Å². The molecule has 58 heavy (non-hydrogen) atoms. The molecule has 0 saturated heterocycles. The molecule has 2 aliphatic rings. The summed E-state index contributed by atoms with van der Waals surface area (Å²) in [5.74, 6) is 1.84. The lowest BCUT2D eigenvalue weighted by Crippen LogP contribution is -2.26. The average molecular weight is 744 g/mol. The van der Waals surface area contributed by atoms with E-state index < -0.39 is 5.41 Å². The Labute approximate surface area is 340 Å². The summed E-state index contributed by atoms with van der Waals surface area (Å²) in [5.41, 5.74) is 17.3. The van der Waals surface area contributed by atoms with Crippen LogP contribution >= 0.6 is 0 Å². The van der Waals surface area contributed by atoms with Crippen LogP contribution in [0.25, 0.3) is 84.9 Å². The number of hydrogen-bond acceptors (Lipinski definition) is 3. The lowest BCUT2D eigenvalue weighted by Gasteiger charge is -2.32. The summed E-state index contributed by atoms with van der Waals surface area (Å²) in [6, 6.07) is 54.5. The van der Waals surface area contributed by atoms with Gasteiger partial charge in [-0.3, -0.25) is 0 Å². The summed E-state index contributed by atoms with van der Waals surface area (Å²) in [6.07, 6.45) is 9.40. The van der Waals surface area contributed by atoms with E-state index >= 15 is 0 Å². The van der Waals surface area contributed by atoms with Gasteiger partial charge in [-0.25, -0.2) is 15.0 Å². The van der Waals surface area contributed by atoms with Crippen molar-refractivity contribution in [2.75, 3.05) is 0 Å². The molecule has 0 amide bonds. The largest absolute Gasteiger partial charge is 0.208 e. The molecule has 0 aliphatic heterocycles. The van der Waals surface area contributed by atoms with Crippen molar-refractivity contribution in [3.05, 3.63) is 216 Å². The SMILES string of the molecule is C=Cc1ccc(-c2nc(-c3ccc(-c4cccc5c4C4(C(=C/C)/C5=C\CC)c5ccccc5-c5ccccc54)cc3)nc(-c3ccc4ccccc4c3)n2)cc1C=C. The number of aromatic nitrogens is 3. The number of allylic oxidation sites excluding steroid dienone is 4. The van der Waals surface area contributed by atoms with E-state index in [0.717, 1.165) is 45.2 Å². The van der Waals surface area contributed by atoms with E-state index in [0.29, 0.717) is 17.5 Å². The van der Waals surface area contributed by atoms with Crippen LogP contribution in [0.2, 0.25) is 0 Å². The van der Waals surface area contributed by atoms with Gasteiger partial charge in [-0.1, -0.05) is 184 Å². The first-order valence-electron chi connectivity index (χ1n) is 20.0. The molecule has 0 bridgehead atoms. The van der Waals surface area contributed by atoms with Crippen molar-refractivity contribution >= 4 is 28.5 Å². The van der Waals surface area contributed by atoms with Crippen molar-refractivity contribution in [3.8, 4) is 56.4 Å². The van der Waals surface area contributed by atoms with Gasteiger partial charge >= 0.3 is 0 Å².